The van der Waals surface area contributed by atoms with Crippen molar-refractivity contribution in [3.63, 3.8) is 0 Å². The maximum Gasteiger partial charge on any atom is 0.216 e. The third-order valence-electron chi connectivity index (χ3n) is 5.36. The van der Waals surface area contributed by atoms with Gasteiger partial charge in [-0.1, -0.05) is 55.0 Å². The number of aromatic nitrogens is 2. The van der Waals surface area contributed by atoms with Gasteiger partial charge in [0.25, 0.3) is 0 Å². The molecule has 1 heterocycles. The summed E-state index contributed by atoms with van der Waals surface area (Å²) in [5, 5.41) is 14.6. The maximum absolute atomic E-state index is 13.2. The second-order valence-corrected chi connectivity index (χ2v) is 9.94. The number of sulfone groups is 1. The van der Waals surface area contributed by atoms with Crippen molar-refractivity contribution in [3.05, 3.63) is 101 Å². The van der Waals surface area contributed by atoms with Crippen LogP contribution in [0.2, 0.25) is 0 Å². The van der Waals surface area contributed by atoms with Crippen molar-refractivity contribution in [2.75, 3.05) is 6.61 Å². The van der Waals surface area contributed by atoms with E-state index in [1.54, 1.807) is 23.0 Å². The predicted molar refractivity (Wildman–Crippen MR) is 137 cm³/mol. The van der Waals surface area contributed by atoms with Gasteiger partial charge in [0.1, 0.15) is 22.4 Å². The molecule has 0 fully saturated rings. The van der Waals surface area contributed by atoms with Crippen LogP contribution in [-0.4, -0.2) is 24.8 Å². The standard InChI is InChI=1S/C28H25N3O3S/c1-3-16-34-25-11-7-8-22(17-25)28-23(20-31(30-28)24-9-5-4-6-10-24)18-27(19-29)35(32,33)26-14-12-21(2)13-15-26/h4-15,17-18,20H,3,16H2,1-2H3. The molecule has 4 rings (SSSR count). The first-order valence-electron chi connectivity index (χ1n) is 11.2. The normalized spacial score (nSPS) is 11.7. The minimum atomic E-state index is -4.00. The molecule has 7 heteroatoms. The lowest BCUT2D eigenvalue weighted by atomic mass is 10.1. The lowest BCUT2D eigenvalue weighted by Crippen LogP contribution is -2.03. The van der Waals surface area contributed by atoms with Crippen molar-refractivity contribution < 1.29 is 13.2 Å². The van der Waals surface area contributed by atoms with Crippen molar-refractivity contribution in [2.24, 2.45) is 0 Å². The summed E-state index contributed by atoms with van der Waals surface area (Å²) >= 11 is 0. The molecule has 0 N–H and O–H groups in total. The number of allylic oxidation sites excluding steroid dienone is 1. The Labute approximate surface area is 205 Å². The van der Waals surface area contributed by atoms with Crippen molar-refractivity contribution in [1.29, 1.82) is 5.26 Å². The van der Waals surface area contributed by atoms with Gasteiger partial charge in [0.2, 0.25) is 9.84 Å². The number of rotatable bonds is 8. The molecule has 0 saturated carbocycles. The highest BCUT2D eigenvalue weighted by Crippen LogP contribution is 2.30. The lowest BCUT2D eigenvalue weighted by Gasteiger charge is -2.07. The van der Waals surface area contributed by atoms with Gasteiger partial charge in [0, 0.05) is 17.3 Å². The molecule has 0 atom stereocenters. The highest BCUT2D eigenvalue weighted by molar-refractivity contribution is 7.95. The van der Waals surface area contributed by atoms with Crippen LogP contribution in [0.15, 0.2) is 94.9 Å². The molecule has 176 valence electrons. The van der Waals surface area contributed by atoms with Gasteiger partial charge in [0.15, 0.2) is 0 Å². The SMILES string of the molecule is CCCOc1cccc(-c2nn(-c3ccccc3)cc2C=C(C#N)S(=O)(=O)c2ccc(C)cc2)c1. The minimum absolute atomic E-state index is 0.0721. The quantitative estimate of drug-likeness (QED) is 0.288. The third kappa shape index (κ3) is 5.34. The molecule has 0 unspecified atom stereocenters. The Kier molecular flexibility index (Phi) is 7.14. The summed E-state index contributed by atoms with van der Waals surface area (Å²) in [7, 11) is -4.00. The van der Waals surface area contributed by atoms with Gasteiger partial charge in [0.05, 0.1) is 17.2 Å². The smallest absolute Gasteiger partial charge is 0.216 e. The molecule has 1 aromatic heterocycles. The molecule has 6 nitrogen and oxygen atoms in total. The number of nitriles is 1. The van der Waals surface area contributed by atoms with E-state index in [9.17, 15) is 13.7 Å². The summed E-state index contributed by atoms with van der Waals surface area (Å²) < 4.78 is 33.9. The fourth-order valence-corrected chi connectivity index (χ4v) is 4.69. The average Bonchev–Trinajstić information content (AvgIpc) is 3.31. The van der Waals surface area contributed by atoms with E-state index in [1.807, 2.05) is 74.5 Å². The highest BCUT2D eigenvalue weighted by Gasteiger charge is 2.22. The lowest BCUT2D eigenvalue weighted by molar-refractivity contribution is 0.317. The molecule has 0 aliphatic rings. The van der Waals surface area contributed by atoms with E-state index in [4.69, 9.17) is 9.84 Å². The van der Waals surface area contributed by atoms with E-state index in [1.165, 1.54) is 18.2 Å². The second kappa shape index (κ2) is 10.4. The first kappa shape index (κ1) is 24.0. The van der Waals surface area contributed by atoms with E-state index in [-0.39, 0.29) is 9.80 Å². The van der Waals surface area contributed by atoms with Gasteiger partial charge < -0.3 is 4.74 Å². The van der Waals surface area contributed by atoms with Gasteiger partial charge in [-0.3, -0.25) is 0 Å². The van der Waals surface area contributed by atoms with E-state index in [0.717, 1.165) is 23.2 Å². The molecule has 0 saturated heterocycles. The van der Waals surface area contributed by atoms with Crippen LogP contribution >= 0.6 is 0 Å². The number of hydrogen-bond donors (Lipinski definition) is 0. The molecule has 4 aromatic rings. The predicted octanol–water partition coefficient (Wildman–Crippen LogP) is 5.97. The molecular weight excluding hydrogens is 458 g/mol. The van der Waals surface area contributed by atoms with Crippen LogP contribution in [0.4, 0.5) is 0 Å². The zero-order chi connectivity index (χ0) is 24.8. The molecule has 0 amide bonds. The summed E-state index contributed by atoms with van der Waals surface area (Å²) in [5.74, 6) is 0.696. The Morgan fingerprint density at radius 2 is 1.80 bits per heavy atom. The van der Waals surface area contributed by atoms with Crippen molar-refractivity contribution in [3.8, 4) is 28.8 Å². The van der Waals surface area contributed by atoms with Gasteiger partial charge in [-0.2, -0.15) is 10.4 Å². The van der Waals surface area contributed by atoms with Crippen LogP contribution in [0.1, 0.15) is 24.5 Å². The minimum Gasteiger partial charge on any atom is -0.494 e. The fourth-order valence-electron chi connectivity index (χ4n) is 3.54. The van der Waals surface area contributed by atoms with Crippen LogP contribution in [0.3, 0.4) is 0 Å². The first-order chi connectivity index (χ1) is 16.9. The van der Waals surface area contributed by atoms with E-state index in [2.05, 4.69) is 0 Å². The van der Waals surface area contributed by atoms with Crippen LogP contribution < -0.4 is 4.74 Å². The van der Waals surface area contributed by atoms with Crippen molar-refractivity contribution in [2.45, 2.75) is 25.2 Å². The fraction of sp³-hybridized carbons (Fsp3) is 0.143. The molecule has 0 aliphatic heterocycles. The molecule has 3 aromatic carbocycles. The Morgan fingerprint density at radius 1 is 1.06 bits per heavy atom. The van der Waals surface area contributed by atoms with Gasteiger partial charge in [-0.15, -0.1) is 0 Å². The van der Waals surface area contributed by atoms with Crippen LogP contribution in [0.25, 0.3) is 23.0 Å². The molecule has 0 bridgehead atoms. The van der Waals surface area contributed by atoms with Crippen LogP contribution in [0.5, 0.6) is 5.75 Å². The van der Waals surface area contributed by atoms with Crippen LogP contribution in [0, 0.1) is 18.3 Å². The number of ether oxygens (including phenoxy) is 1. The Bertz CT molecular complexity index is 1500. The van der Waals surface area contributed by atoms with Gasteiger partial charge >= 0.3 is 0 Å². The molecule has 0 spiro atoms. The van der Waals surface area contributed by atoms with Gasteiger partial charge in [-0.25, -0.2) is 13.1 Å². The Balaban J connectivity index is 1.85. The topological polar surface area (TPSA) is 85.0 Å². The summed E-state index contributed by atoms with van der Waals surface area (Å²) in [6.07, 6.45) is 3.99. The number of nitrogens with zero attached hydrogens (tertiary/aromatic N) is 3. The maximum atomic E-state index is 13.2. The summed E-state index contributed by atoms with van der Waals surface area (Å²) in [6.45, 7) is 4.49. The molecule has 0 aliphatic carbocycles. The molecular formula is C28H25N3O3S. The molecule has 35 heavy (non-hydrogen) atoms. The second-order valence-electron chi connectivity index (χ2n) is 8.03. The monoisotopic (exact) mass is 483 g/mol. The molecule has 0 radical (unpaired) electrons. The van der Waals surface area contributed by atoms with Crippen LogP contribution in [-0.2, 0) is 9.84 Å². The third-order valence-corrected chi connectivity index (χ3v) is 7.04. The highest BCUT2D eigenvalue weighted by atomic mass is 32.2. The van der Waals surface area contributed by atoms with E-state index >= 15 is 0 Å². The van der Waals surface area contributed by atoms with E-state index in [0.29, 0.717) is 23.6 Å². The average molecular weight is 484 g/mol. The first-order valence-corrected chi connectivity index (χ1v) is 12.7. The summed E-state index contributed by atoms with van der Waals surface area (Å²) in [4.78, 5) is -0.281. The Morgan fingerprint density at radius 3 is 2.49 bits per heavy atom. The largest absolute Gasteiger partial charge is 0.494 e. The van der Waals surface area contributed by atoms with E-state index < -0.39 is 9.84 Å². The summed E-state index contributed by atoms with van der Waals surface area (Å²) in [5.41, 5.74) is 3.55. The number of para-hydroxylation sites is 1. The zero-order valence-corrected chi connectivity index (χ0v) is 20.4. The number of benzene rings is 3. The Hall–Kier alpha value is -4.15. The number of aryl methyl sites for hydroxylation is 1. The van der Waals surface area contributed by atoms with Crippen molar-refractivity contribution in [1.82, 2.24) is 9.78 Å². The number of hydrogen-bond acceptors (Lipinski definition) is 5. The van der Waals surface area contributed by atoms with Gasteiger partial charge in [-0.05, 0) is 55.8 Å². The zero-order valence-electron chi connectivity index (χ0n) is 19.5. The van der Waals surface area contributed by atoms with Crippen molar-refractivity contribution >= 4 is 15.9 Å². The summed E-state index contributed by atoms with van der Waals surface area (Å²) in [6, 6.07) is 25.3.